The first kappa shape index (κ1) is 14.1. The summed E-state index contributed by atoms with van der Waals surface area (Å²) in [5, 5.41) is 8.51. The predicted molar refractivity (Wildman–Crippen MR) is 82.4 cm³/mol. The highest BCUT2D eigenvalue weighted by molar-refractivity contribution is 5.31. The van der Waals surface area contributed by atoms with Crippen LogP contribution in [0.1, 0.15) is 50.8 Å². The molecule has 4 heteroatoms. The van der Waals surface area contributed by atoms with Crippen LogP contribution in [0.4, 0.5) is 0 Å². The Bertz CT molecular complexity index is 608. The van der Waals surface area contributed by atoms with Crippen LogP contribution in [0.15, 0.2) is 24.3 Å². The Morgan fingerprint density at radius 1 is 1.10 bits per heavy atom. The van der Waals surface area contributed by atoms with Gasteiger partial charge >= 0.3 is 0 Å². The third kappa shape index (κ3) is 3.09. The van der Waals surface area contributed by atoms with E-state index in [4.69, 9.17) is 4.74 Å². The number of ether oxygens (including phenoxy) is 1. The molecule has 0 saturated carbocycles. The number of rotatable bonds is 3. The van der Waals surface area contributed by atoms with E-state index in [1.54, 1.807) is 0 Å². The van der Waals surface area contributed by atoms with Gasteiger partial charge in [-0.25, -0.2) is 0 Å². The topological polar surface area (TPSA) is 39.9 Å². The van der Waals surface area contributed by atoms with Gasteiger partial charge in [-0.05, 0) is 36.0 Å². The Morgan fingerprint density at radius 2 is 1.86 bits per heavy atom. The van der Waals surface area contributed by atoms with Gasteiger partial charge < -0.3 is 9.30 Å². The van der Waals surface area contributed by atoms with Crippen molar-refractivity contribution in [2.24, 2.45) is 0 Å². The summed E-state index contributed by atoms with van der Waals surface area (Å²) in [6, 6.07) is 8.34. The molecule has 0 fully saturated rings. The third-order valence-corrected chi connectivity index (χ3v) is 4.02. The number of aromatic nitrogens is 3. The molecule has 0 amide bonds. The number of nitrogens with zero attached hydrogens (tertiary/aromatic N) is 3. The average molecular weight is 285 g/mol. The van der Waals surface area contributed by atoms with E-state index >= 15 is 0 Å². The lowest BCUT2D eigenvalue weighted by Gasteiger charge is -2.19. The maximum absolute atomic E-state index is 5.86. The Labute approximate surface area is 126 Å². The number of fused-ring (bicyclic) bond motifs is 1. The fourth-order valence-electron chi connectivity index (χ4n) is 2.67. The monoisotopic (exact) mass is 285 g/mol. The molecule has 112 valence electrons. The predicted octanol–water partition coefficient (Wildman–Crippen LogP) is 3.49. The minimum Gasteiger partial charge on any atom is -0.486 e. The van der Waals surface area contributed by atoms with Gasteiger partial charge in [0, 0.05) is 13.0 Å². The molecule has 1 aromatic carbocycles. The summed E-state index contributed by atoms with van der Waals surface area (Å²) in [6.45, 7) is 8.15. The smallest absolute Gasteiger partial charge is 0.171 e. The third-order valence-electron chi connectivity index (χ3n) is 4.02. The molecule has 0 radical (unpaired) electrons. The minimum atomic E-state index is 0.171. The fraction of sp³-hybridized carbons (Fsp3) is 0.529. The van der Waals surface area contributed by atoms with Crippen molar-refractivity contribution in [3.8, 4) is 5.75 Å². The molecule has 0 unspecified atom stereocenters. The van der Waals surface area contributed by atoms with E-state index in [0.29, 0.717) is 6.61 Å². The van der Waals surface area contributed by atoms with Crippen LogP contribution in [0, 0.1) is 0 Å². The van der Waals surface area contributed by atoms with E-state index in [9.17, 15) is 0 Å². The summed E-state index contributed by atoms with van der Waals surface area (Å²) < 4.78 is 8.06. The molecule has 0 bridgehead atoms. The second-order valence-corrected chi connectivity index (χ2v) is 6.70. The molecule has 1 aromatic heterocycles. The van der Waals surface area contributed by atoms with E-state index in [1.165, 1.54) is 18.4 Å². The van der Waals surface area contributed by atoms with Crippen LogP contribution in [0.25, 0.3) is 0 Å². The van der Waals surface area contributed by atoms with Gasteiger partial charge in [-0.15, -0.1) is 10.2 Å². The Hall–Kier alpha value is -1.84. The molecule has 1 aliphatic heterocycles. The summed E-state index contributed by atoms with van der Waals surface area (Å²) >= 11 is 0. The molecule has 2 heterocycles. The summed E-state index contributed by atoms with van der Waals surface area (Å²) in [5.74, 6) is 2.92. The lowest BCUT2D eigenvalue weighted by atomic mass is 9.87. The van der Waals surface area contributed by atoms with Crippen LogP contribution < -0.4 is 4.74 Å². The van der Waals surface area contributed by atoms with E-state index in [-0.39, 0.29) is 5.41 Å². The van der Waals surface area contributed by atoms with Gasteiger partial charge in [-0.1, -0.05) is 32.9 Å². The lowest BCUT2D eigenvalue weighted by Crippen LogP contribution is -2.14. The molecule has 21 heavy (non-hydrogen) atoms. The van der Waals surface area contributed by atoms with Crippen molar-refractivity contribution in [1.82, 2.24) is 14.8 Å². The quantitative estimate of drug-likeness (QED) is 0.866. The highest BCUT2D eigenvalue weighted by atomic mass is 16.5. The highest BCUT2D eigenvalue weighted by Crippen LogP contribution is 2.24. The molecule has 3 rings (SSSR count). The zero-order valence-corrected chi connectivity index (χ0v) is 13.1. The van der Waals surface area contributed by atoms with Crippen LogP contribution >= 0.6 is 0 Å². The zero-order chi connectivity index (χ0) is 14.9. The van der Waals surface area contributed by atoms with Gasteiger partial charge in [0.05, 0.1) is 0 Å². The van der Waals surface area contributed by atoms with Crippen molar-refractivity contribution in [3.05, 3.63) is 41.5 Å². The van der Waals surface area contributed by atoms with E-state index in [1.807, 2.05) is 12.1 Å². The standard InChI is InChI=1S/C17H23N3O/c1-17(2,3)13-7-9-14(10-8-13)21-12-16-19-18-15-6-4-5-11-20(15)16/h7-10H,4-6,11-12H2,1-3H3. The van der Waals surface area contributed by atoms with Crippen LogP contribution in [0.2, 0.25) is 0 Å². The summed E-state index contributed by atoms with van der Waals surface area (Å²) in [6.07, 6.45) is 3.46. The normalized spacial score (nSPS) is 14.8. The Kier molecular flexibility index (Phi) is 3.70. The van der Waals surface area contributed by atoms with Gasteiger partial charge in [0.2, 0.25) is 0 Å². The fourth-order valence-corrected chi connectivity index (χ4v) is 2.67. The van der Waals surface area contributed by atoms with Crippen molar-refractivity contribution in [3.63, 3.8) is 0 Å². The van der Waals surface area contributed by atoms with Crippen molar-refractivity contribution in [1.29, 1.82) is 0 Å². The maximum Gasteiger partial charge on any atom is 0.171 e. The molecule has 1 aliphatic rings. The molecule has 0 spiro atoms. The molecule has 0 N–H and O–H groups in total. The second-order valence-electron chi connectivity index (χ2n) is 6.70. The van der Waals surface area contributed by atoms with Gasteiger partial charge in [0.1, 0.15) is 18.2 Å². The highest BCUT2D eigenvalue weighted by Gasteiger charge is 2.16. The first-order valence-electron chi connectivity index (χ1n) is 7.68. The largest absolute Gasteiger partial charge is 0.486 e. The second kappa shape index (κ2) is 5.51. The first-order valence-corrected chi connectivity index (χ1v) is 7.68. The molecular weight excluding hydrogens is 262 g/mol. The Balaban J connectivity index is 1.66. The number of benzene rings is 1. The molecule has 0 saturated heterocycles. The van der Waals surface area contributed by atoms with E-state index in [0.717, 1.165) is 30.4 Å². The average Bonchev–Trinajstić information content (AvgIpc) is 2.88. The SMILES string of the molecule is CC(C)(C)c1ccc(OCc2nnc3n2CCCC3)cc1. The molecule has 2 aromatic rings. The van der Waals surface area contributed by atoms with Crippen molar-refractivity contribution in [2.45, 2.75) is 58.6 Å². The minimum absolute atomic E-state index is 0.171. The molecule has 4 nitrogen and oxygen atoms in total. The van der Waals surface area contributed by atoms with Crippen LogP contribution in [-0.4, -0.2) is 14.8 Å². The van der Waals surface area contributed by atoms with Crippen LogP contribution in [-0.2, 0) is 25.0 Å². The molecule has 0 atom stereocenters. The lowest BCUT2D eigenvalue weighted by molar-refractivity contribution is 0.286. The van der Waals surface area contributed by atoms with Crippen molar-refractivity contribution >= 4 is 0 Å². The maximum atomic E-state index is 5.86. The molecular formula is C17H23N3O. The van der Waals surface area contributed by atoms with Crippen molar-refractivity contribution in [2.75, 3.05) is 0 Å². The van der Waals surface area contributed by atoms with E-state index in [2.05, 4.69) is 47.7 Å². The summed E-state index contributed by atoms with van der Waals surface area (Å²) in [4.78, 5) is 0. The molecule has 0 aliphatic carbocycles. The van der Waals surface area contributed by atoms with Crippen molar-refractivity contribution < 1.29 is 4.74 Å². The number of hydrogen-bond donors (Lipinski definition) is 0. The van der Waals surface area contributed by atoms with Gasteiger partial charge in [0.25, 0.3) is 0 Å². The number of aryl methyl sites for hydroxylation is 1. The number of hydrogen-bond acceptors (Lipinski definition) is 3. The summed E-state index contributed by atoms with van der Waals surface area (Å²) in [7, 11) is 0. The first-order chi connectivity index (χ1) is 10.0. The van der Waals surface area contributed by atoms with Gasteiger partial charge in [-0.3, -0.25) is 0 Å². The van der Waals surface area contributed by atoms with Crippen LogP contribution in [0.5, 0.6) is 5.75 Å². The Morgan fingerprint density at radius 3 is 2.57 bits per heavy atom. The van der Waals surface area contributed by atoms with E-state index < -0.39 is 0 Å². The summed E-state index contributed by atoms with van der Waals surface area (Å²) in [5.41, 5.74) is 1.49. The zero-order valence-electron chi connectivity index (χ0n) is 13.1. The van der Waals surface area contributed by atoms with Crippen LogP contribution in [0.3, 0.4) is 0 Å². The van der Waals surface area contributed by atoms with Gasteiger partial charge in [-0.2, -0.15) is 0 Å². The van der Waals surface area contributed by atoms with Gasteiger partial charge in [0.15, 0.2) is 5.82 Å².